The van der Waals surface area contributed by atoms with E-state index in [1.807, 2.05) is 0 Å². The lowest BCUT2D eigenvalue weighted by molar-refractivity contribution is -0.186. The summed E-state index contributed by atoms with van der Waals surface area (Å²) in [6, 6.07) is 7.37. The van der Waals surface area contributed by atoms with Crippen LogP contribution in [-0.2, 0) is 9.59 Å². The van der Waals surface area contributed by atoms with Gasteiger partial charge < -0.3 is 11.1 Å². The number of nitrogens with two attached hydrogens (primary N) is 1. The number of benzene rings is 1. The van der Waals surface area contributed by atoms with Gasteiger partial charge in [0.2, 0.25) is 11.8 Å². The van der Waals surface area contributed by atoms with Crippen LogP contribution in [0.1, 0.15) is 37.3 Å². The molecule has 126 valence electrons. The third-order valence-corrected chi connectivity index (χ3v) is 4.21. The van der Waals surface area contributed by atoms with Crippen molar-refractivity contribution in [2.75, 3.05) is 0 Å². The molecule has 0 unspecified atom stereocenters. The zero-order valence-electron chi connectivity index (χ0n) is 12.5. The smallest absolute Gasteiger partial charge is 0.368 e. The van der Waals surface area contributed by atoms with Crippen LogP contribution in [-0.4, -0.2) is 18.0 Å². The van der Waals surface area contributed by atoms with Crippen LogP contribution in [0.3, 0.4) is 0 Å². The molecule has 7 heteroatoms. The number of nitrogens with one attached hydrogen (secondary N) is 1. The third-order valence-electron chi connectivity index (χ3n) is 4.21. The number of carbonyl (C=O) groups is 2. The van der Waals surface area contributed by atoms with E-state index in [0.29, 0.717) is 18.4 Å². The van der Waals surface area contributed by atoms with Crippen LogP contribution in [0.2, 0.25) is 0 Å². The van der Waals surface area contributed by atoms with E-state index >= 15 is 0 Å². The molecule has 0 spiro atoms. The van der Waals surface area contributed by atoms with Gasteiger partial charge in [0.15, 0.2) is 0 Å². The van der Waals surface area contributed by atoms with Crippen LogP contribution in [0.25, 0.3) is 0 Å². The summed E-state index contributed by atoms with van der Waals surface area (Å²) in [7, 11) is 0. The predicted octanol–water partition coefficient (Wildman–Crippen LogP) is 2.70. The van der Waals surface area contributed by atoms with E-state index in [4.69, 9.17) is 5.73 Å². The highest BCUT2D eigenvalue weighted by atomic mass is 19.4. The molecule has 23 heavy (non-hydrogen) atoms. The van der Waals surface area contributed by atoms with Crippen molar-refractivity contribution in [2.45, 2.75) is 37.9 Å². The van der Waals surface area contributed by atoms with Crippen LogP contribution in [0.15, 0.2) is 30.3 Å². The summed E-state index contributed by atoms with van der Waals surface area (Å²) < 4.78 is 38.5. The third kappa shape index (κ3) is 4.46. The van der Waals surface area contributed by atoms with Crippen molar-refractivity contribution in [1.29, 1.82) is 0 Å². The molecule has 1 aliphatic rings. The molecule has 3 N–H and O–H groups in total. The molecule has 0 aromatic heterocycles. The van der Waals surface area contributed by atoms with Crippen molar-refractivity contribution < 1.29 is 22.8 Å². The lowest BCUT2D eigenvalue weighted by Crippen LogP contribution is -2.42. The summed E-state index contributed by atoms with van der Waals surface area (Å²) >= 11 is 0. The lowest BCUT2D eigenvalue weighted by atomic mass is 9.80. The summed E-state index contributed by atoms with van der Waals surface area (Å²) in [6.45, 7) is 0. The number of halogens is 3. The summed E-state index contributed by atoms with van der Waals surface area (Å²) in [5.74, 6) is -3.50. The Morgan fingerprint density at radius 3 is 2.39 bits per heavy atom. The Bertz CT molecular complexity index is 560. The maximum Gasteiger partial charge on any atom is 0.391 e. The minimum atomic E-state index is -4.29. The molecule has 3 atom stereocenters. The molecule has 0 radical (unpaired) electrons. The minimum absolute atomic E-state index is 0.0468. The van der Waals surface area contributed by atoms with Gasteiger partial charge in [0.1, 0.15) is 6.04 Å². The van der Waals surface area contributed by atoms with Gasteiger partial charge in [-0.3, -0.25) is 9.59 Å². The zero-order valence-corrected chi connectivity index (χ0v) is 12.5. The Balaban J connectivity index is 2.06. The molecule has 2 rings (SSSR count). The molecular weight excluding hydrogens is 309 g/mol. The molecule has 0 aliphatic heterocycles. The van der Waals surface area contributed by atoms with E-state index in [1.54, 1.807) is 30.3 Å². The summed E-state index contributed by atoms with van der Waals surface area (Å²) in [6.07, 6.45) is -3.75. The maximum atomic E-state index is 12.8. The van der Waals surface area contributed by atoms with Gasteiger partial charge in [0.05, 0.1) is 5.92 Å². The van der Waals surface area contributed by atoms with Gasteiger partial charge in [-0.2, -0.15) is 13.2 Å². The second-order valence-electron chi connectivity index (χ2n) is 5.86. The normalized spacial score (nSPS) is 23.1. The van der Waals surface area contributed by atoms with Crippen molar-refractivity contribution in [2.24, 2.45) is 17.6 Å². The van der Waals surface area contributed by atoms with Gasteiger partial charge in [0.25, 0.3) is 0 Å². The number of primary amides is 1. The summed E-state index contributed by atoms with van der Waals surface area (Å²) in [4.78, 5) is 23.8. The van der Waals surface area contributed by atoms with Crippen molar-refractivity contribution >= 4 is 11.8 Å². The minimum Gasteiger partial charge on any atom is -0.368 e. The Morgan fingerprint density at radius 2 is 1.83 bits per heavy atom. The first kappa shape index (κ1) is 17.3. The highest BCUT2D eigenvalue weighted by Gasteiger charge is 2.43. The van der Waals surface area contributed by atoms with Gasteiger partial charge in [-0.15, -0.1) is 0 Å². The van der Waals surface area contributed by atoms with Crippen LogP contribution < -0.4 is 11.1 Å². The first-order chi connectivity index (χ1) is 10.8. The van der Waals surface area contributed by atoms with E-state index in [9.17, 15) is 22.8 Å². The fourth-order valence-corrected chi connectivity index (χ4v) is 2.95. The SMILES string of the molecule is NC(=O)[C@H](NC(=O)[C@H]1CCC[C@H](C(F)(F)F)C1)c1ccccc1. The first-order valence-electron chi connectivity index (χ1n) is 7.50. The van der Waals surface area contributed by atoms with Crippen LogP contribution in [0.4, 0.5) is 13.2 Å². The average molecular weight is 328 g/mol. The van der Waals surface area contributed by atoms with E-state index in [1.165, 1.54) is 0 Å². The van der Waals surface area contributed by atoms with Crippen LogP contribution in [0.5, 0.6) is 0 Å². The maximum absolute atomic E-state index is 12.8. The Hall–Kier alpha value is -2.05. The molecule has 2 amide bonds. The molecule has 0 heterocycles. The second-order valence-corrected chi connectivity index (χ2v) is 5.86. The van der Waals surface area contributed by atoms with Crippen molar-refractivity contribution in [1.82, 2.24) is 5.32 Å². The van der Waals surface area contributed by atoms with Crippen LogP contribution in [0, 0.1) is 11.8 Å². The van der Waals surface area contributed by atoms with Crippen molar-refractivity contribution in [3.05, 3.63) is 35.9 Å². The van der Waals surface area contributed by atoms with Gasteiger partial charge in [-0.05, 0) is 24.8 Å². The van der Waals surface area contributed by atoms with E-state index in [0.717, 1.165) is 0 Å². The van der Waals surface area contributed by atoms with E-state index in [-0.39, 0.29) is 12.8 Å². The fraction of sp³-hybridized carbons (Fsp3) is 0.500. The second kappa shape index (κ2) is 7.02. The number of amides is 2. The first-order valence-corrected chi connectivity index (χ1v) is 7.50. The molecule has 0 saturated heterocycles. The average Bonchev–Trinajstić information content (AvgIpc) is 2.52. The molecule has 0 bridgehead atoms. The Kier molecular flexibility index (Phi) is 5.28. The van der Waals surface area contributed by atoms with Gasteiger partial charge in [-0.25, -0.2) is 0 Å². The standard InChI is InChI=1S/C16H19F3N2O2/c17-16(18,19)12-8-4-7-11(9-12)15(23)21-13(14(20)22)10-5-2-1-3-6-10/h1-3,5-6,11-13H,4,7-9H2,(H2,20,22)(H,21,23)/t11-,12-,13+/m0/s1. The number of hydrogen-bond donors (Lipinski definition) is 2. The van der Waals surface area contributed by atoms with Gasteiger partial charge >= 0.3 is 6.18 Å². The fourth-order valence-electron chi connectivity index (χ4n) is 2.95. The highest BCUT2D eigenvalue weighted by Crippen LogP contribution is 2.40. The molecule has 4 nitrogen and oxygen atoms in total. The molecule has 1 aromatic carbocycles. The van der Waals surface area contributed by atoms with Crippen molar-refractivity contribution in [3.8, 4) is 0 Å². The monoisotopic (exact) mass is 328 g/mol. The number of rotatable bonds is 4. The summed E-state index contributed by atoms with van der Waals surface area (Å²) in [5, 5.41) is 2.49. The highest BCUT2D eigenvalue weighted by molar-refractivity contribution is 5.88. The molecule has 1 saturated carbocycles. The van der Waals surface area contributed by atoms with Crippen molar-refractivity contribution in [3.63, 3.8) is 0 Å². The number of carbonyl (C=O) groups excluding carboxylic acids is 2. The molecule has 1 fully saturated rings. The van der Waals surface area contributed by atoms with Crippen LogP contribution >= 0.6 is 0 Å². The quantitative estimate of drug-likeness (QED) is 0.892. The van der Waals surface area contributed by atoms with Gasteiger partial charge in [-0.1, -0.05) is 36.8 Å². The van der Waals surface area contributed by atoms with E-state index in [2.05, 4.69) is 5.32 Å². The largest absolute Gasteiger partial charge is 0.391 e. The number of alkyl halides is 3. The lowest BCUT2D eigenvalue weighted by Gasteiger charge is -2.30. The Labute approximate surface area is 132 Å². The predicted molar refractivity (Wildman–Crippen MR) is 78.0 cm³/mol. The molecule has 1 aromatic rings. The Morgan fingerprint density at radius 1 is 1.17 bits per heavy atom. The molecular formula is C16H19F3N2O2. The summed E-state index contributed by atoms with van der Waals surface area (Å²) in [5.41, 5.74) is 5.82. The topological polar surface area (TPSA) is 72.2 Å². The van der Waals surface area contributed by atoms with Gasteiger partial charge in [0, 0.05) is 5.92 Å². The zero-order chi connectivity index (χ0) is 17.0. The van der Waals surface area contributed by atoms with E-state index < -0.39 is 35.9 Å². The molecule has 1 aliphatic carbocycles. The number of hydrogen-bond acceptors (Lipinski definition) is 2.